The molecule has 0 aliphatic carbocycles. The van der Waals surface area contributed by atoms with Crippen LogP contribution in [-0.4, -0.2) is 29.5 Å². The number of pyridine rings is 1. The van der Waals surface area contributed by atoms with Crippen LogP contribution in [0.25, 0.3) is 11.1 Å². The van der Waals surface area contributed by atoms with Crippen LogP contribution in [0.15, 0.2) is 87.5 Å². The lowest BCUT2D eigenvalue weighted by Gasteiger charge is -2.11. The van der Waals surface area contributed by atoms with Crippen molar-refractivity contribution in [2.75, 3.05) is 10.0 Å². The van der Waals surface area contributed by atoms with Crippen LogP contribution in [0.2, 0.25) is 0 Å². The molecule has 10 heteroatoms. The summed E-state index contributed by atoms with van der Waals surface area (Å²) in [7, 11) is -3.78. The Morgan fingerprint density at radius 3 is 2.48 bits per heavy atom. The Balaban J connectivity index is 1.39. The van der Waals surface area contributed by atoms with Crippen molar-refractivity contribution in [1.29, 1.82) is 0 Å². The van der Waals surface area contributed by atoms with Crippen LogP contribution in [0.4, 0.5) is 11.5 Å². The molecule has 2 aromatic carbocycles. The largest absolute Gasteiger partial charge is 0.431 e. The summed E-state index contributed by atoms with van der Waals surface area (Å²) in [6.45, 7) is 1.74. The number of aromatic nitrogens is 2. The second-order valence-electron chi connectivity index (χ2n) is 6.54. The molecule has 1 unspecified atom stereocenters. The Bertz CT molecular complexity index is 1270. The van der Waals surface area contributed by atoms with Crippen molar-refractivity contribution in [1.82, 2.24) is 9.97 Å². The van der Waals surface area contributed by atoms with Gasteiger partial charge in [-0.15, -0.1) is 0 Å². The third kappa shape index (κ3) is 5.04. The maximum atomic E-state index is 12.5. The van der Waals surface area contributed by atoms with E-state index in [2.05, 4.69) is 20.0 Å². The van der Waals surface area contributed by atoms with Crippen LogP contribution >= 0.6 is 11.8 Å². The monoisotopic (exact) mass is 454 g/mol. The first-order chi connectivity index (χ1) is 14.9. The predicted octanol–water partition coefficient (Wildman–Crippen LogP) is 4.14. The van der Waals surface area contributed by atoms with Crippen molar-refractivity contribution in [2.45, 2.75) is 22.3 Å². The average molecular weight is 455 g/mol. The number of hydrogen-bond acceptors (Lipinski definition) is 7. The van der Waals surface area contributed by atoms with Crippen LogP contribution in [0.1, 0.15) is 6.92 Å². The van der Waals surface area contributed by atoms with Gasteiger partial charge < -0.3 is 9.73 Å². The lowest BCUT2D eigenvalue weighted by Crippen LogP contribution is -2.22. The third-order valence-corrected chi connectivity index (χ3v) is 6.57. The molecule has 31 heavy (non-hydrogen) atoms. The van der Waals surface area contributed by atoms with Gasteiger partial charge in [0.15, 0.2) is 5.58 Å². The highest BCUT2D eigenvalue weighted by Gasteiger charge is 2.19. The molecule has 0 aliphatic heterocycles. The molecule has 8 nitrogen and oxygen atoms in total. The molecule has 2 aromatic heterocycles. The number of nitrogens with one attached hydrogen (secondary N) is 2. The Morgan fingerprint density at radius 2 is 1.77 bits per heavy atom. The van der Waals surface area contributed by atoms with Crippen molar-refractivity contribution >= 4 is 50.3 Å². The number of hydrogen-bond donors (Lipinski definition) is 2. The maximum Gasteiger partial charge on any atom is 0.263 e. The Hall–Kier alpha value is -3.37. The smallest absolute Gasteiger partial charge is 0.263 e. The number of carbonyl (C=O) groups is 1. The lowest BCUT2D eigenvalue weighted by atomic mass is 10.3. The highest BCUT2D eigenvalue weighted by molar-refractivity contribution is 8.00. The van der Waals surface area contributed by atoms with Gasteiger partial charge >= 0.3 is 0 Å². The summed E-state index contributed by atoms with van der Waals surface area (Å²) in [5, 5.41) is 2.71. The van der Waals surface area contributed by atoms with Crippen molar-refractivity contribution < 1.29 is 17.6 Å². The van der Waals surface area contributed by atoms with Crippen LogP contribution in [0.5, 0.6) is 0 Å². The van der Waals surface area contributed by atoms with Crippen LogP contribution in [-0.2, 0) is 14.8 Å². The second kappa shape index (κ2) is 8.78. The van der Waals surface area contributed by atoms with Gasteiger partial charge in [0.05, 0.1) is 10.1 Å². The summed E-state index contributed by atoms with van der Waals surface area (Å²) in [5.41, 5.74) is 1.87. The molecule has 1 atom stereocenters. The van der Waals surface area contributed by atoms with Crippen LogP contribution < -0.4 is 10.0 Å². The highest BCUT2D eigenvalue weighted by atomic mass is 32.2. The molecule has 0 saturated heterocycles. The first kappa shape index (κ1) is 20.9. The van der Waals surface area contributed by atoms with Crippen LogP contribution in [0, 0.1) is 0 Å². The highest BCUT2D eigenvalue weighted by Crippen LogP contribution is 2.27. The number of para-hydroxylation sites is 2. The van der Waals surface area contributed by atoms with Crippen LogP contribution in [0.3, 0.4) is 0 Å². The molecule has 4 aromatic rings. The number of oxazole rings is 1. The molecule has 1 amide bonds. The number of sulfonamides is 1. The van der Waals surface area contributed by atoms with E-state index < -0.39 is 15.3 Å². The molecule has 158 valence electrons. The summed E-state index contributed by atoms with van der Waals surface area (Å²) < 4.78 is 33.0. The lowest BCUT2D eigenvalue weighted by molar-refractivity contribution is -0.115. The first-order valence-corrected chi connectivity index (χ1v) is 11.6. The molecule has 2 heterocycles. The Labute approximate surface area is 183 Å². The van der Waals surface area contributed by atoms with Gasteiger partial charge in [-0.05, 0) is 55.5 Å². The third-order valence-electron chi connectivity index (χ3n) is 4.26. The van der Waals surface area contributed by atoms with E-state index in [0.29, 0.717) is 16.5 Å². The van der Waals surface area contributed by atoms with Gasteiger partial charge in [0.1, 0.15) is 11.3 Å². The minimum absolute atomic E-state index is 0.0602. The van der Waals surface area contributed by atoms with Gasteiger partial charge in [-0.3, -0.25) is 9.52 Å². The van der Waals surface area contributed by atoms with Gasteiger partial charge in [0, 0.05) is 11.9 Å². The molecule has 0 radical (unpaired) electrons. The van der Waals surface area contributed by atoms with E-state index in [1.807, 2.05) is 24.3 Å². The van der Waals surface area contributed by atoms with E-state index in [1.54, 1.807) is 25.1 Å². The van der Waals surface area contributed by atoms with Crippen molar-refractivity contribution in [3.8, 4) is 0 Å². The van der Waals surface area contributed by atoms with E-state index in [4.69, 9.17) is 4.42 Å². The van der Waals surface area contributed by atoms with E-state index in [-0.39, 0.29) is 16.6 Å². The number of thioether (sulfide) groups is 1. The number of amides is 1. The van der Waals surface area contributed by atoms with Crippen molar-refractivity contribution in [3.05, 3.63) is 72.9 Å². The Morgan fingerprint density at radius 1 is 1.03 bits per heavy atom. The van der Waals surface area contributed by atoms with E-state index in [1.165, 1.54) is 42.2 Å². The topological polar surface area (TPSA) is 114 Å². The van der Waals surface area contributed by atoms with Gasteiger partial charge in [0.2, 0.25) is 5.91 Å². The summed E-state index contributed by atoms with van der Waals surface area (Å²) in [6, 6.07) is 18.2. The normalized spacial score (nSPS) is 12.4. The fraction of sp³-hybridized carbons (Fsp3) is 0.0952. The number of nitrogens with zero attached hydrogens (tertiary/aromatic N) is 2. The quantitative estimate of drug-likeness (QED) is 0.403. The molecule has 0 aliphatic rings. The number of fused-ring (bicyclic) bond motifs is 1. The van der Waals surface area contributed by atoms with Gasteiger partial charge in [0.25, 0.3) is 15.2 Å². The van der Waals surface area contributed by atoms with Gasteiger partial charge in [-0.1, -0.05) is 30.0 Å². The van der Waals surface area contributed by atoms with Crippen molar-refractivity contribution in [2.24, 2.45) is 0 Å². The zero-order chi connectivity index (χ0) is 21.8. The van der Waals surface area contributed by atoms with Gasteiger partial charge in [-0.25, -0.2) is 18.4 Å². The molecule has 0 bridgehead atoms. The fourth-order valence-electron chi connectivity index (χ4n) is 2.69. The minimum Gasteiger partial charge on any atom is -0.431 e. The molecular weight excluding hydrogens is 436 g/mol. The molecule has 0 saturated carbocycles. The number of rotatable bonds is 7. The van der Waals surface area contributed by atoms with Crippen molar-refractivity contribution in [3.63, 3.8) is 0 Å². The maximum absolute atomic E-state index is 12.5. The number of benzene rings is 2. The van der Waals surface area contributed by atoms with E-state index in [9.17, 15) is 13.2 Å². The first-order valence-electron chi connectivity index (χ1n) is 9.28. The molecular formula is C21H18N4O4S2. The molecule has 4 rings (SSSR count). The molecule has 0 fully saturated rings. The summed E-state index contributed by atoms with van der Waals surface area (Å²) in [4.78, 5) is 20.9. The second-order valence-corrected chi connectivity index (χ2v) is 9.52. The summed E-state index contributed by atoms with van der Waals surface area (Å²) in [6.07, 6.45) is 1.50. The van der Waals surface area contributed by atoms with E-state index in [0.717, 1.165) is 5.52 Å². The molecule has 2 N–H and O–H groups in total. The fourth-order valence-corrected chi connectivity index (χ4v) is 4.45. The number of anilines is 2. The van der Waals surface area contributed by atoms with E-state index >= 15 is 0 Å². The number of carbonyl (C=O) groups excluding carboxylic acids is 1. The SMILES string of the molecule is CC(Sc1nc2ccccc2o1)C(=O)Nc1ccc(S(=O)(=O)Nc2ccccn2)cc1. The summed E-state index contributed by atoms with van der Waals surface area (Å²) >= 11 is 1.20. The molecule has 0 spiro atoms. The zero-order valence-electron chi connectivity index (χ0n) is 16.3. The summed E-state index contributed by atoms with van der Waals surface area (Å²) in [5.74, 6) is -0.0283. The Kier molecular flexibility index (Phi) is 5.92. The zero-order valence-corrected chi connectivity index (χ0v) is 18.0. The van der Waals surface area contributed by atoms with Gasteiger partial charge in [-0.2, -0.15) is 0 Å². The standard InChI is InChI=1S/C21H18N4O4S2/c1-14(30-21-24-17-6-2-3-7-18(17)29-21)20(26)23-15-9-11-16(12-10-15)31(27,28)25-19-8-4-5-13-22-19/h2-14H,1H3,(H,22,25)(H,23,26). The predicted molar refractivity (Wildman–Crippen MR) is 119 cm³/mol. The minimum atomic E-state index is -3.78. The average Bonchev–Trinajstić information content (AvgIpc) is 3.17.